The fourth-order valence-corrected chi connectivity index (χ4v) is 3.27. The van der Waals surface area contributed by atoms with Gasteiger partial charge in [0.25, 0.3) is 0 Å². The van der Waals surface area contributed by atoms with Gasteiger partial charge in [0.05, 0.1) is 17.9 Å². The molecule has 0 radical (unpaired) electrons. The summed E-state index contributed by atoms with van der Waals surface area (Å²) in [6.45, 7) is 6.36. The van der Waals surface area contributed by atoms with Crippen molar-refractivity contribution < 1.29 is 4.79 Å². The lowest BCUT2D eigenvalue weighted by atomic mass is 10.3. The van der Waals surface area contributed by atoms with E-state index in [1.54, 1.807) is 47.6 Å². The van der Waals surface area contributed by atoms with Gasteiger partial charge in [-0.3, -0.25) is 14.8 Å². The van der Waals surface area contributed by atoms with Crippen molar-refractivity contribution in [2.45, 2.75) is 33.2 Å². The summed E-state index contributed by atoms with van der Waals surface area (Å²) in [5.74, 6) is 1.14. The summed E-state index contributed by atoms with van der Waals surface area (Å²) in [5.41, 5.74) is 7.56. The number of aliphatic imine (C=N–C) groups is 1. The van der Waals surface area contributed by atoms with E-state index in [-0.39, 0.29) is 0 Å². The summed E-state index contributed by atoms with van der Waals surface area (Å²) in [7, 11) is 0. The van der Waals surface area contributed by atoms with Crippen molar-refractivity contribution >= 4 is 40.4 Å². The van der Waals surface area contributed by atoms with Crippen molar-refractivity contribution in [1.82, 2.24) is 4.98 Å². The molecular formula is C17H24N4OS2. The highest BCUT2D eigenvalue weighted by molar-refractivity contribution is 8.13. The second-order valence-electron chi connectivity index (χ2n) is 5.12. The van der Waals surface area contributed by atoms with Crippen LogP contribution < -0.4 is 11.1 Å². The van der Waals surface area contributed by atoms with E-state index < -0.39 is 0 Å². The van der Waals surface area contributed by atoms with Crippen LogP contribution in [0.4, 0.5) is 5.69 Å². The van der Waals surface area contributed by atoms with Crippen LogP contribution in [0.1, 0.15) is 23.8 Å². The fourth-order valence-electron chi connectivity index (χ4n) is 1.62. The lowest BCUT2D eigenvalue weighted by Gasteiger charge is -2.12. The molecule has 1 aliphatic heterocycles. The van der Waals surface area contributed by atoms with Gasteiger partial charge < -0.3 is 11.1 Å². The molecule has 2 aromatic rings. The van der Waals surface area contributed by atoms with Gasteiger partial charge in [-0.05, 0) is 56.3 Å². The number of nitrogens with zero attached hydrogens (tertiary/aromatic N) is 2. The first-order valence-electron chi connectivity index (χ1n) is 7.60. The molecule has 3 rings (SSSR count). The quantitative estimate of drug-likeness (QED) is 0.793. The number of amides is 1. The number of hydrogen-bond donors (Lipinski definition) is 2. The number of thiophene rings is 1. The molecule has 0 spiro atoms. The highest BCUT2D eigenvalue weighted by Crippen LogP contribution is 2.13. The number of thioether (sulfide) groups is 1. The molecule has 0 bridgehead atoms. The van der Waals surface area contributed by atoms with E-state index in [1.165, 1.54) is 16.9 Å². The van der Waals surface area contributed by atoms with Crippen molar-refractivity contribution in [2.75, 3.05) is 11.1 Å². The molecule has 2 aromatic heterocycles. The molecule has 0 aromatic carbocycles. The van der Waals surface area contributed by atoms with Crippen LogP contribution >= 0.6 is 23.1 Å². The summed E-state index contributed by atoms with van der Waals surface area (Å²) in [5, 5.41) is 5.33. The van der Waals surface area contributed by atoms with Crippen LogP contribution in [-0.4, -0.2) is 28.4 Å². The third-order valence-electron chi connectivity index (χ3n) is 3.14. The molecule has 0 saturated carbocycles. The molecule has 7 heteroatoms. The van der Waals surface area contributed by atoms with Crippen molar-refractivity contribution in [2.24, 2.45) is 10.7 Å². The minimum absolute atomic E-state index is 0.455. The van der Waals surface area contributed by atoms with Crippen molar-refractivity contribution in [3.05, 3.63) is 46.4 Å². The zero-order chi connectivity index (χ0) is 17.8. The van der Waals surface area contributed by atoms with E-state index in [1.807, 2.05) is 0 Å². The Morgan fingerprint density at radius 2 is 2.17 bits per heavy atom. The van der Waals surface area contributed by atoms with E-state index in [4.69, 9.17) is 5.73 Å². The molecule has 0 fully saturated rings. The van der Waals surface area contributed by atoms with Gasteiger partial charge in [-0.1, -0.05) is 11.8 Å². The number of pyridine rings is 1. The molecule has 130 valence electrons. The molecule has 1 atom stereocenters. The maximum atomic E-state index is 9.84. The number of aryl methyl sites for hydroxylation is 2. The lowest BCUT2D eigenvalue weighted by Crippen LogP contribution is -2.17. The van der Waals surface area contributed by atoms with Crippen molar-refractivity contribution in [3.8, 4) is 0 Å². The number of nitrogens with one attached hydrogen (secondary N) is 1. The Kier molecular flexibility index (Phi) is 9.79. The highest BCUT2D eigenvalue weighted by Gasteiger charge is 2.06. The topological polar surface area (TPSA) is 80.4 Å². The van der Waals surface area contributed by atoms with E-state index in [2.05, 4.69) is 47.5 Å². The SMILES string of the molecule is CC1CCSC(N)=N1.Cc1ccsc1C.O=CNc1cccnc1. The largest absolute Gasteiger partial charge is 0.379 e. The number of hydrogen-bond acceptors (Lipinski definition) is 6. The smallest absolute Gasteiger partial charge is 0.211 e. The lowest BCUT2D eigenvalue weighted by molar-refractivity contribution is -0.105. The second kappa shape index (κ2) is 11.6. The van der Waals surface area contributed by atoms with Gasteiger partial charge in [0.15, 0.2) is 5.17 Å². The zero-order valence-corrected chi connectivity index (χ0v) is 15.9. The number of rotatable bonds is 2. The van der Waals surface area contributed by atoms with E-state index in [0.717, 1.165) is 10.9 Å². The second-order valence-corrected chi connectivity index (χ2v) is 7.35. The van der Waals surface area contributed by atoms with Gasteiger partial charge in [-0.2, -0.15) is 0 Å². The molecular weight excluding hydrogens is 340 g/mol. The van der Waals surface area contributed by atoms with Gasteiger partial charge >= 0.3 is 0 Å². The van der Waals surface area contributed by atoms with Crippen molar-refractivity contribution in [1.29, 1.82) is 0 Å². The molecule has 1 unspecified atom stereocenters. The number of anilines is 1. The first-order chi connectivity index (χ1) is 11.5. The molecule has 5 nitrogen and oxygen atoms in total. The van der Waals surface area contributed by atoms with Gasteiger partial charge in [0, 0.05) is 16.8 Å². The maximum absolute atomic E-state index is 9.84. The molecule has 3 N–H and O–H groups in total. The molecule has 3 heterocycles. The van der Waals surface area contributed by atoms with Gasteiger partial charge in [0.1, 0.15) is 0 Å². The minimum Gasteiger partial charge on any atom is -0.379 e. The normalized spacial score (nSPS) is 15.8. The Labute approximate surface area is 151 Å². The predicted octanol–water partition coefficient (Wildman–Crippen LogP) is 3.84. The maximum Gasteiger partial charge on any atom is 0.211 e. The Morgan fingerprint density at radius 1 is 1.38 bits per heavy atom. The molecule has 0 aliphatic carbocycles. The minimum atomic E-state index is 0.455. The fraction of sp³-hybridized carbons (Fsp3) is 0.353. The third-order valence-corrected chi connectivity index (χ3v) is 4.93. The van der Waals surface area contributed by atoms with Crippen LogP contribution in [0.3, 0.4) is 0 Å². The average Bonchev–Trinajstić information content (AvgIpc) is 2.93. The number of nitrogens with two attached hydrogens (primary N) is 1. The van der Waals surface area contributed by atoms with Crippen molar-refractivity contribution in [3.63, 3.8) is 0 Å². The number of aromatic nitrogens is 1. The predicted molar refractivity (Wildman–Crippen MR) is 106 cm³/mol. The number of carbonyl (C=O) groups is 1. The molecule has 24 heavy (non-hydrogen) atoms. The van der Waals surface area contributed by atoms with Crippen LogP contribution in [0.5, 0.6) is 0 Å². The summed E-state index contributed by atoms with van der Waals surface area (Å²) >= 11 is 3.45. The van der Waals surface area contributed by atoms with Gasteiger partial charge in [-0.15, -0.1) is 11.3 Å². The summed E-state index contributed by atoms with van der Waals surface area (Å²) in [4.78, 5) is 19.2. The van der Waals surface area contributed by atoms with Crippen LogP contribution in [0.15, 0.2) is 41.0 Å². The van der Waals surface area contributed by atoms with Crippen LogP contribution in [0.25, 0.3) is 0 Å². The first kappa shape index (κ1) is 20.2. The third kappa shape index (κ3) is 8.69. The summed E-state index contributed by atoms with van der Waals surface area (Å²) in [6, 6.07) is 6.11. The molecule has 0 saturated heterocycles. The monoisotopic (exact) mass is 364 g/mol. The van der Waals surface area contributed by atoms with Crippen LogP contribution in [-0.2, 0) is 4.79 Å². The first-order valence-corrected chi connectivity index (χ1v) is 9.46. The Balaban J connectivity index is 0.000000181. The number of amidine groups is 1. The van der Waals surface area contributed by atoms with E-state index in [0.29, 0.717) is 18.1 Å². The van der Waals surface area contributed by atoms with Crippen LogP contribution in [0, 0.1) is 13.8 Å². The van der Waals surface area contributed by atoms with E-state index >= 15 is 0 Å². The molecule has 1 amide bonds. The Bertz CT molecular complexity index is 612. The standard InChI is InChI=1S/C6H6N2O.C6H8S.C5H10N2S/c9-5-8-6-2-1-3-7-4-6;1-5-3-4-7-6(5)2;1-4-2-3-8-5(6)7-4/h1-5H,(H,8,9);3-4H,1-2H3;4H,2-3H2,1H3,(H2,6,7). The van der Waals surface area contributed by atoms with Crippen LogP contribution in [0.2, 0.25) is 0 Å². The van der Waals surface area contributed by atoms with Gasteiger partial charge in [0.2, 0.25) is 6.41 Å². The Morgan fingerprint density at radius 3 is 2.54 bits per heavy atom. The summed E-state index contributed by atoms with van der Waals surface area (Å²) in [6.07, 6.45) is 5.02. The average molecular weight is 365 g/mol. The molecule has 1 aliphatic rings. The number of carbonyl (C=O) groups excluding carboxylic acids is 1. The van der Waals surface area contributed by atoms with Gasteiger partial charge in [-0.25, -0.2) is 0 Å². The van der Waals surface area contributed by atoms with E-state index in [9.17, 15) is 4.79 Å². The zero-order valence-electron chi connectivity index (χ0n) is 14.2. The Hall–Kier alpha value is -1.86. The highest BCUT2D eigenvalue weighted by atomic mass is 32.2. The summed E-state index contributed by atoms with van der Waals surface area (Å²) < 4.78 is 0.